The van der Waals surface area contributed by atoms with E-state index >= 15 is 0 Å². The third-order valence-electron chi connectivity index (χ3n) is 3.09. The number of ether oxygens (including phenoxy) is 1. The van der Waals surface area contributed by atoms with Crippen molar-refractivity contribution in [1.82, 2.24) is 0 Å². The maximum atomic E-state index is 11.7. The van der Waals surface area contributed by atoms with Gasteiger partial charge in [0, 0.05) is 0 Å². The summed E-state index contributed by atoms with van der Waals surface area (Å²) in [6.07, 6.45) is 1.40. The Morgan fingerprint density at radius 2 is 1.93 bits per heavy atom. The predicted octanol–water partition coefficient (Wildman–Crippen LogP) is 1.44. The zero-order valence-electron chi connectivity index (χ0n) is 9.00. The molecule has 1 heterocycles. The number of esters is 1. The van der Waals surface area contributed by atoms with E-state index in [1.54, 1.807) is 13.8 Å². The second kappa shape index (κ2) is 4.11. The highest BCUT2D eigenvalue weighted by Crippen LogP contribution is 2.44. The van der Waals surface area contributed by atoms with E-state index in [4.69, 9.17) is 4.74 Å². The first-order valence-corrected chi connectivity index (χ1v) is 5.98. The maximum absolute atomic E-state index is 11.7. The summed E-state index contributed by atoms with van der Waals surface area (Å²) in [7, 11) is 1.39. The molecule has 0 radical (unpaired) electrons. The largest absolute Gasteiger partial charge is 0.469 e. The molecule has 14 heavy (non-hydrogen) atoms. The summed E-state index contributed by atoms with van der Waals surface area (Å²) in [6.45, 7) is 3.39. The summed E-state index contributed by atoms with van der Waals surface area (Å²) in [5.74, 6) is 1.56. The van der Waals surface area contributed by atoms with E-state index in [2.05, 4.69) is 0 Å². The highest BCUT2D eigenvalue weighted by molar-refractivity contribution is 7.99. The number of methoxy groups -OCH3 is 1. The number of thioether (sulfide) groups is 1. The van der Waals surface area contributed by atoms with Crippen molar-refractivity contribution in [2.24, 2.45) is 5.41 Å². The zero-order chi connectivity index (χ0) is 10.8. The number of carbonyl (C=O) groups excluding carboxylic acids is 1. The summed E-state index contributed by atoms with van der Waals surface area (Å²) in [6, 6.07) is 0. The molecule has 1 saturated heterocycles. The van der Waals surface area contributed by atoms with Gasteiger partial charge in [0.1, 0.15) is 0 Å². The molecule has 0 spiro atoms. The lowest BCUT2D eigenvalue weighted by Crippen LogP contribution is -2.52. The van der Waals surface area contributed by atoms with Crippen LogP contribution in [0.1, 0.15) is 26.7 Å². The Labute approximate surface area is 89.2 Å². The Balaban J connectivity index is 2.94. The Morgan fingerprint density at radius 1 is 1.43 bits per heavy atom. The Bertz CT molecular complexity index is 214. The highest BCUT2D eigenvalue weighted by atomic mass is 32.2. The number of hydrogen-bond acceptors (Lipinski definition) is 4. The van der Waals surface area contributed by atoms with Gasteiger partial charge in [-0.05, 0) is 38.2 Å². The van der Waals surface area contributed by atoms with E-state index in [-0.39, 0.29) is 5.97 Å². The van der Waals surface area contributed by atoms with Gasteiger partial charge in [-0.25, -0.2) is 0 Å². The number of aliphatic hydroxyl groups is 1. The Morgan fingerprint density at radius 3 is 2.29 bits per heavy atom. The number of carbonyl (C=O) groups is 1. The van der Waals surface area contributed by atoms with Crippen LogP contribution < -0.4 is 0 Å². The molecular weight excluding hydrogens is 200 g/mol. The number of rotatable bonds is 2. The number of hydrogen-bond donors (Lipinski definition) is 1. The first kappa shape index (κ1) is 11.9. The van der Waals surface area contributed by atoms with Crippen molar-refractivity contribution in [2.45, 2.75) is 32.3 Å². The van der Waals surface area contributed by atoms with E-state index in [1.807, 2.05) is 11.8 Å². The van der Waals surface area contributed by atoms with Crippen molar-refractivity contribution in [3.63, 3.8) is 0 Å². The van der Waals surface area contributed by atoms with Crippen molar-refractivity contribution in [1.29, 1.82) is 0 Å². The van der Waals surface area contributed by atoms with Crippen LogP contribution in [-0.2, 0) is 9.53 Å². The summed E-state index contributed by atoms with van der Waals surface area (Å²) in [5.41, 5.74) is -1.70. The summed E-state index contributed by atoms with van der Waals surface area (Å²) in [5, 5.41) is 10.1. The molecule has 0 amide bonds. The second-order valence-corrected chi connectivity index (χ2v) is 5.47. The van der Waals surface area contributed by atoms with Crippen LogP contribution in [0.25, 0.3) is 0 Å². The van der Waals surface area contributed by atoms with E-state index in [9.17, 15) is 9.90 Å². The molecule has 0 unspecified atom stereocenters. The topological polar surface area (TPSA) is 46.5 Å². The van der Waals surface area contributed by atoms with Crippen LogP contribution in [0.3, 0.4) is 0 Å². The predicted molar refractivity (Wildman–Crippen MR) is 57.3 cm³/mol. The molecular formula is C10H18O3S. The normalized spacial score (nSPS) is 21.7. The van der Waals surface area contributed by atoms with E-state index in [0.717, 1.165) is 11.5 Å². The molecule has 3 nitrogen and oxygen atoms in total. The van der Waals surface area contributed by atoms with E-state index in [0.29, 0.717) is 12.8 Å². The molecule has 1 N–H and O–H groups in total. The summed E-state index contributed by atoms with van der Waals surface area (Å²) >= 11 is 1.82. The molecule has 1 rings (SSSR count). The quantitative estimate of drug-likeness (QED) is 0.712. The molecule has 1 fully saturated rings. The summed E-state index contributed by atoms with van der Waals surface area (Å²) < 4.78 is 4.81. The van der Waals surface area contributed by atoms with Gasteiger partial charge in [-0.1, -0.05) is 0 Å². The van der Waals surface area contributed by atoms with E-state index < -0.39 is 11.0 Å². The van der Waals surface area contributed by atoms with Gasteiger partial charge in [-0.3, -0.25) is 4.79 Å². The Kier molecular flexibility index (Phi) is 3.48. The van der Waals surface area contributed by atoms with Gasteiger partial charge in [-0.2, -0.15) is 11.8 Å². The lowest BCUT2D eigenvalue weighted by Gasteiger charge is -2.43. The molecule has 0 aromatic rings. The molecule has 4 heteroatoms. The van der Waals surface area contributed by atoms with Crippen LogP contribution in [0.2, 0.25) is 0 Å². The van der Waals surface area contributed by atoms with Crippen LogP contribution in [0.5, 0.6) is 0 Å². The molecule has 82 valence electrons. The van der Waals surface area contributed by atoms with Gasteiger partial charge in [0.2, 0.25) is 0 Å². The molecule has 0 atom stereocenters. The van der Waals surface area contributed by atoms with Gasteiger partial charge in [0.15, 0.2) is 0 Å². The van der Waals surface area contributed by atoms with Gasteiger partial charge in [-0.15, -0.1) is 0 Å². The lowest BCUT2D eigenvalue weighted by molar-refractivity contribution is -0.170. The summed E-state index contributed by atoms with van der Waals surface area (Å²) in [4.78, 5) is 11.7. The zero-order valence-corrected chi connectivity index (χ0v) is 9.82. The minimum absolute atomic E-state index is 0.273. The van der Waals surface area contributed by atoms with Gasteiger partial charge in [0.25, 0.3) is 0 Å². The average molecular weight is 218 g/mol. The highest BCUT2D eigenvalue weighted by Gasteiger charge is 2.51. The van der Waals surface area contributed by atoms with Crippen LogP contribution >= 0.6 is 11.8 Å². The standard InChI is InChI=1S/C10H18O3S/c1-9(2,12)10(8(11)13-3)4-6-14-7-5-10/h12H,4-7H2,1-3H3. The van der Waals surface area contributed by atoms with Crippen LogP contribution in [0.15, 0.2) is 0 Å². The SMILES string of the molecule is COC(=O)C1(C(C)(C)O)CCSCC1. The fraction of sp³-hybridized carbons (Fsp3) is 0.900. The van der Waals surface area contributed by atoms with Crippen molar-refractivity contribution in [3.05, 3.63) is 0 Å². The second-order valence-electron chi connectivity index (χ2n) is 4.25. The third-order valence-corrected chi connectivity index (χ3v) is 4.08. The minimum Gasteiger partial charge on any atom is -0.469 e. The molecule has 1 aliphatic rings. The van der Waals surface area contributed by atoms with Crippen molar-refractivity contribution < 1.29 is 14.6 Å². The minimum atomic E-state index is -0.999. The van der Waals surface area contributed by atoms with Crippen LogP contribution in [-0.4, -0.2) is 35.3 Å². The molecule has 1 aliphatic heterocycles. The smallest absolute Gasteiger partial charge is 0.314 e. The van der Waals surface area contributed by atoms with Gasteiger partial charge in [0.05, 0.1) is 18.1 Å². The fourth-order valence-corrected chi connectivity index (χ4v) is 3.17. The molecule has 0 saturated carbocycles. The van der Waals surface area contributed by atoms with Gasteiger partial charge < -0.3 is 9.84 Å². The van der Waals surface area contributed by atoms with Crippen LogP contribution in [0.4, 0.5) is 0 Å². The first-order valence-electron chi connectivity index (χ1n) is 4.82. The fourth-order valence-electron chi connectivity index (χ4n) is 1.98. The molecule has 0 aromatic heterocycles. The van der Waals surface area contributed by atoms with Crippen molar-refractivity contribution in [2.75, 3.05) is 18.6 Å². The monoisotopic (exact) mass is 218 g/mol. The molecule has 0 aliphatic carbocycles. The first-order chi connectivity index (χ1) is 6.44. The average Bonchev–Trinajstić information content (AvgIpc) is 2.16. The van der Waals surface area contributed by atoms with Gasteiger partial charge >= 0.3 is 5.97 Å². The van der Waals surface area contributed by atoms with Crippen LogP contribution in [0, 0.1) is 5.41 Å². The Hall–Kier alpha value is -0.220. The van der Waals surface area contributed by atoms with E-state index in [1.165, 1.54) is 7.11 Å². The maximum Gasteiger partial charge on any atom is 0.314 e. The lowest BCUT2D eigenvalue weighted by atomic mass is 9.69. The van der Waals surface area contributed by atoms with Crippen molar-refractivity contribution >= 4 is 17.7 Å². The third kappa shape index (κ3) is 1.91. The van der Waals surface area contributed by atoms with Crippen molar-refractivity contribution in [3.8, 4) is 0 Å². The molecule has 0 bridgehead atoms. The molecule has 0 aromatic carbocycles.